The molecule has 0 aliphatic heterocycles. The van der Waals surface area contributed by atoms with Crippen LogP contribution in [-0.4, -0.2) is 5.97 Å². The Morgan fingerprint density at radius 1 is 1.20 bits per heavy atom. The molecule has 0 amide bonds. The smallest absolute Gasteiger partial charge is 0.353 e. The molecule has 0 unspecified atom stereocenters. The number of rotatable bonds is 2. The predicted octanol–water partition coefficient (Wildman–Crippen LogP) is 3.62. The zero-order valence-electron chi connectivity index (χ0n) is 7.64. The summed E-state index contributed by atoms with van der Waals surface area (Å²) >= 11 is 7.19. The van der Waals surface area contributed by atoms with E-state index in [2.05, 4.69) is 0 Å². The molecular formula is C11H7ClO2S. The molecule has 1 heterocycles. The van der Waals surface area contributed by atoms with Crippen molar-refractivity contribution in [1.29, 1.82) is 0 Å². The Labute approximate surface area is 96.1 Å². The van der Waals surface area contributed by atoms with Gasteiger partial charge in [0.1, 0.15) is 10.6 Å². The third-order valence-corrected chi connectivity index (χ3v) is 2.92. The summed E-state index contributed by atoms with van der Waals surface area (Å²) < 4.78 is 5.13. The summed E-state index contributed by atoms with van der Waals surface area (Å²) in [7, 11) is 0. The van der Waals surface area contributed by atoms with Crippen molar-refractivity contribution < 1.29 is 9.53 Å². The highest BCUT2D eigenvalue weighted by Crippen LogP contribution is 2.24. The number of benzene rings is 1. The van der Waals surface area contributed by atoms with Gasteiger partial charge in [-0.1, -0.05) is 29.8 Å². The molecule has 0 saturated carbocycles. The third kappa shape index (κ3) is 2.37. The van der Waals surface area contributed by atoms with Gasteiger partial charge in [-0.25, -0.2) is 4.79 Å². The first-order chi connectivity index (χ1) is 7.27. The largest absolute Gasteiger partial charge is 0.421 e. The lowest BCUT2D eigenvalue weighted by Crippen LogP contribution is -2.06. The number of halogens is 1. The van der Waals surface area contributed by atoms with E-state index in [4.69, 9.17) is 16.3 Å². The van der Waals surface area contributed by atoms with E-state index in [0.29, 0.717) is 15.6 Å². The van der Waals surface area contributed by atoms with E-state index < -0.39 is 0 Å². The van der Waals surface area contributed by atoms with Gasteiger partial charge in [-0.05, 0) is 23.6 Å². The quantitative estimate of drug-likeness (QED) is 0.590. The molecule has 0 saturated heterocycles. The Hall–Kier alpha value is -1.32. The second kappa shape index (κ2) is 4.47. The summed E-state index contributed by atoms with van der Waals surface area (Å²) in [6.45, 7) is 0. The second-order valence-electron chi connectivity index (χ2n) is 2.80. The third-order valence-electron chi connectivity index (χ3n) is 1.76. The summed E-state index contributed by atoms with van der Waals surface area (Å²) in [5, 5.41) is 2.26. The van der Waals surface area contributed by atoms with Crippen LogP contribution < -0.4 is 4.74 Å². The lowest BCUT2D eigenvalue weighted by Gasteiger charge is -2.03. The normalized spacial score (nSPS) is 9.93. The molecule has 0 bridgehead atoms. The van der Waals surface area contributed by atoms with Gasteiger partial charge >= 0.3 is 5.97 Å². The fraction of sp³-hybridized carbons (Fsp3) is 0. The Kier molecular flexibility index (Phi) is 3.04. The molecule has 4 heteroatoms. The molecule has 0 spiro atoms. The van der Waals surface area contributed by atoms with Gasteiger partial charge in [-0.3, -0.25) is 0 Å². The Balaban J connectivity index is 2.17. The zero-order valence-corrected chi connectivity index (χ0v) is 9.22. The van der Waals surface area contributed by atoms with E-state index in [0.717, 1.165) is 0 Å². The standard InChI is InChI=1S/C11H7ClO2S/c12-8-4-1-2-5-9(8)14-11(13)10-6-3-7-15-10/h1-7H. The van der Waals surface area contributed by atoms with Crippen LogP contribution in [-0.2, 0) is 0 Å². The number of hydrogen-bond acceptors (Lipinski definition) is 3. The molecule has 15 heavy (non-hydrogen) atoms. The average molecular weight is 239 g/mol. The van der Waals surface area contributed by atoms with Crippen molar-refractivity contribution in [2.75, 3.05) is 0 Å². The lowest BCUT2D eigenvalue weighted by atomic mass is 10.3. The number of thiophene rings is 1. The van der Waals surface area contributed by atoms with Crippen molar-refractivity contribution in [3.8, 4) is 5.75 Å². The minimum Gasteiger partial charge on any atom is -0.421 e. The molecule has 0 fully saturated rings. The van der Waals surface area contributed by atoms with Crippen LogP contribution in [0.15, 0.2) is 41.8 Å². The number of carbonyl (C=O) groups excluding carboxylic acids is 1. The van der Waals surface area contributed by atoms with Gasteiger partial charge in [0.25, 0.3) is 0 Å². The molecule has 1 aromatic heterocycles. The van der Waals surface area contributed by atoms with Crippen LogP contribution >= 0.6 is 22.9 Å². The van der Waals surface area contributed by atoms with Crippen LogP contribution in [0.5, 0.6) is 5.75 Å². The van der Waals surface area contributed by atoms with Crippen molar-refractivity contribution in [2.45, 2.75) is 0 Å². The SMILES string of the molecule is O=C(Oc1ccccc1Cl)c1cccs1. The maximum atomic E-state index is 11.6. The maximum Gasteiger partial charge on any atom is 0.353 e. The molecule has 0 radical (unpaired) electrons. The van der Waals surface area contributed by atoms with Crippen LogP contribution in [0.1, 0.15) is 9.67 Å². The predicted molar refractivity (Wildman–Crippen MR) is 60.7 cm³/mol. The molecule has 2 rings (SSSR count). The van der Waals surface area contributed by atoms with Crippen molar-refractivity contribution in [2.24, 2.45) is 0 Å². The molecule has 0 aliphatic carbocycles. The second-order valence-corrected chi connectivity index (χ2v) is 4.15. The average Bonchev–Trinajstić information content (AvgIpc) is 2.74. The minimum absolute atomic E-state index is 0.377. The zero-order chi connectivity index (χ0) is 10.7. The monoisotopic (exact) mass is 238 g/mol. The van der Waals surface area contributed by atoms with E-state index in [9.17, 15) is 4.79 Å². The van der Waals surface area contributed by atoms with Gasteiger partial charge in [-0.2, -0.15) is 0 Å². The molecule has 0 aliphatic rings. The van der Waals surface area contributed by atoms with Crippen LogP contribution in [0.25, 0.3) is 0 Å². The van der Waals surface area contributed by atoms with Gasteiger partial charge < -0.3 is 4.74 Å². The molecular weight excluding hydrogens is 232 g/mol. The molecule has 2 nitrogen and oxygen atoms in total. The van der Waals surface area contributed by atoms with E-state index in [1.807, 2.05) is 5.38 Å². The topological polar surface area (TPSA) is 26.3 Å². The first-order valence-electron chi connectivity index (χ1n) is 4.27. The van der Waals surface area contributed by atoms with Crippen molar-refractivity contribution in [1.82, 2.24) is 0 Å². The van der Waals surface area contributed by atoms with Gasteiger partial charge in [-0.15, -0.1) is 11.3 Å². The van der Waals surface area contributed by atoms with Crippen molar-refractivity contribution in [3.05, 3.63) is 51.7 Å². The molecule has 76 valence electrons. The highest BCUT2D eigenvalue weighted by atomic mass is 35.5. The van der Waals surface area contributed by atoms with E-state index in [1.54, 1.807) is 36.4 Å². The Morgan fingerprint density at radius 2 is 2.00 bits per heavy atom. The fourth-order valence-corrected chi connectivity index (χ4v) is 1.85. The lowest BCUT2D eigenvalue weighted by molar-refractivity contribution is 0.0740. The number of esters is 1. The molecule has 0 N–H and O–H groups in total. The first kappa shape index (κ1) is 10.2. The summed E-state index contributed by atoms with van der Waals surface area (Å²) in [5.74, 6) is 0.00988. The summed E-state index contributed by atoms with van der Waals surface area (Å²) in [6.07, 6.45) is 0. The minimum atomic E-state index is -0.377. The van der Waals surface area contributed by atoms with E-state index >= 15 is 0 Å². The van der Waals surface area contributed by atoms with Crippen molar-refractivity contribution >= 4 is 28.9 Å². The van der Waals surface area contributed by atoms with Gasteiger partial charge in [0, 0.05) is 0 Å². The van der Waals surface area contributed by atoms with Crippen molar-refractivity contribution in [3.63, 3.8) is 0 Å². The van der Waals surface area contributed by atoms with Gasteiger partial charge in [0.15, 0.2) is 0 Å². The van der Waals surface area contributed by atoms with Crippen LogP contribution in [0.4, 0.5) is 0 Å². The number of carbonyl (C=O) groups is 1. The highest BCUT2D eigenvalue weighted by molar-refractivity contribution is 7.12. The number of hydrogen-bond donors (Lipinski definition) is 0. The van der Waals surface area contributed by atoms with Crippen LogP contribution in [0, 0.1) is 0 Å². The van der Waals surface area contributed by atoms with E-state index in [-0.39, 0.29) is 5.97 Å². The summed E-state index contributed by atoms with van der Waals surface area (Å²) in [5.41, 5.74) is 0. The Bertz CT molecular complexity index is 465. The van der Waals surface area contributed by atoms with Gasteiger partial charge in [0.2, 0.25) is 0 Å². The van der Waals surface area contributed by atoms with Crippen LogP contribution in [0.3, 0.4) is 0 Å². The number of para-hydroxylation sites is 1. The highest BCUT2D eigenvalue weighted by Gasteiger charge is 2.10. The number of ether oxygens (including phenoxy) is 1. The molecule has 2 aromatic rings. The molecule has 1 aromatic carbocycles. The molecule has 0 atom stereocenters. The fourth-order valence-electron chi connectivity index (χ4n) is 1.07. The van der Waals surface area contributed by atoms with Gasteiger partial charge in [0.05, 0.1) is 5.02 Å². The summed E-state index contributed by atoms with van der Waals surface area (Å²) in [4.78, 5) is 12.1. The van der Waals surface area contributed by atoms with Crippen LogP contribution in [0.2, 0.25) is 5.02 Å². The maximum absolute atomic E-state index is 11.6. The first-order valence-corrected chi connectivity index (χ1v) is 5.53. The van der Waals surface area contributed by atoms with E-state index in [1.165, 1.54) is 11.3 Å². The Morgan fingerprint density at radius 3 is 2.67 bits per heavy atom. The summed E-state index contributed by atoms with van der Waals surface area (Å²) in [6, 6.07) is 10.4.